The Balaban J connectivity index is 1.51. The van der Waals surface area contributed by atoms with Gasteiger partial charge in [0.25, 0.3) is 0 Å². The molecule has 3 aromatic rings. The van der Waals surface area contributed by atoms with E-state index in [0.717, 1.165) is 42.7 Å². The van der Waals surface area contributed by atoms with Gasteiger partial charge in [-0.2, -0.15) is 0 Å². The number of hydrogen-bond donors (Lipinski definition) is 0. The van der Waals surface area contributed by atoms with Crippen LogP contribution in [-0.2, 0) is 4.74 Å². The average Bonchev–Trinajstić information content (AvgIpc) is 2.78. The summed E-state index contributed by atoms with van der Waals surface area (Å²) in [4.78, 5) is 0. The highest BCUT2D eigenvalue weighted by Crippen LogP contribution is 2.34. The van der Waals surface area contributed by atoms with E-state index in [2.05, 4.69) is 6.92 Å². The average molecular weight is 428 g/mol. The van der Waals surface area contributed by atoms with Crippen LogP contribution in [0.2, 0.25) is 0 Å². The summed E-state index contributed by atoms with van der Waals surface area (Å²) in [7, 11) is 0. The molecule has 0 aliphatic carbocycles. The van der Waals surface area contributed by atoms with Crippen LogP contribution in [0.5, 0.6) is 0 Å². The minimum absolute atomic E-state index is 0.00964. The maximum Gasteiger partial charge on any atom is 0.194 e. The normalized spacial score (nSPS) is 18.9. The van der Waals surface area contributed by atoms with Gasteiger partial charge < -0.3 is 4.74 Å². The lowest BCUT2D eigenvalue weighted by Gasteiger charge is -2.29. The van der Waals surface area contributed by atoms with Crippen LogP contribution in [-0.4, -0.2) is 6.61 Å². The van der Waals surface area contributed by atoms with Crippen molar-refractivity contribution in [2.75, 3.05) is 6.61 Å². The summed E-state index contributed by atoms with van der Waals surface area (Å²) in [6.07, 6.45) is 4.62. The summed E-state index contributed by atoms with van der Waals surface area (Å²) in [5.74, 6) is -4.25. The van der Waals surface area contributed by atoms with E-state index in [-0.39, 0.29) is 17.2 Å². The molecule has 1 nitrogen and oxygen atoms in total. The fraction of sp³-hybridized carbons (Fsp3) is 0.308. The molecule has 31 heavy (non-hydrogen) atoms. The Hall–Kier alpha value is -2.66. The van der Waals surface area contributed by atoms with Gasteiger partial charge in [-0.05, 0) is 65.6 Å². The van der Waals surface area contributed by atoms with Gasteiger partial charge in [0.15, 0.2) is 17.5 Å². The van der Waals surface area contributed by atoms with Crippen LogP contribution >= 0.6 is 0 Å². The Kier molecular flexibility index (Phi) is 6.42. The third-order valence-electron chi connectivity index (χ3n) is 5.95. The lowest BCUT2D eigenvalue weighted by atomic mass is 9.91. The number of ether oxygens (including phenoxy) is 1. The SMILES string of the molecule is CCCC1CCC(c2ccc(-c3ccc(-c4cc(F)c(F)c(F)c4)c(F)c3)cc2)OC1. The predicted molar refractivity (Wildman–Crippen MR) is 113 cm³/mol. The molecule has 1 aliphatic heterocycles. The fourth-order valence-electron chi connectivity index (χ4n) is 4.23. The highest BCUT2D eigenvalue weighted by molar-refractivity contribution is 5.71. The van der Waals surface area contributed by atoms with E-state index in [4.69, 9.17) is 4.74 Å². The molecular weight excluding hydrogens is 404 g/mol. The van der Waals surface area contributed by atoms with Gasteiger partial charge >= 0.3 is 0 Å². The van der Waals surface area contributed by atoms with Gasteiger partial charge in [-0.1, -0.05) is 49.7 Å². The van der Waals surface area contributed by atoms with Gasteiger partial charge in [0.1, 0.15) is 5.82 Å². The molecule has 0 N–H and O–H groups in total. The molecule has 3 aromatic carbocycles. The van der Waals surface area contributed by atoms with E-state index < -0.39 is 23.3 Å². The van der Waals surface area contributed by atoms with Gasteiger partial charge in [0.2, 0.25) is 0 Å². The molecule has 162 valence electrons. The van der Waals surface area contributed by atoms with Crippen LogP contribution < -0.4 is 0 Å². The Morgan fingerprint density at radius 2 is 1.42 bits per heavy atom. The maximum absolute atomic E-state index is 14.7. The Labute approximate surface area is 179 Å². The zero-order valence-corrected chi connectivity index (χ0v) is 17.3. The molecule has 0 saturated carbocycles. The van der Waals surface area contributed by atoms with E-state index in [0.29, 0.717) is 11.5 Å². The van der Waals surface area contributed by atoms with Crippen molar-refractivity contribution in [1.29, 1.82) is 0 Å². The number of hydrogen-bond acceptors (Lipinski definition) is 1. The summed E-state index contributed by atoms with van der Waals surface area (Å²) >= 11 is 0. The van der Waals surface area contributed by atoms with Gasteiger partial charge in [0.05, 0.1) is 12.7 Å². The maximum atomic E-state index is 14.7. The van der Waals surface area contributed by atoms with Crippen LogP contribution in [0.25, 0.3) is 22.3 Å². The van der Waals surface area contributed by atoms with Crippen LogP contribution in [0, 0.1) is 29.2 Å². The van der Waals surface area contributed by atoms with E-state index in [1.54, 1.807) is 6.07 Å². The van der Waals surface area contributed by atoms with Crippen molar-refractivity contribution in [3.05, 3.63) is 83.4 Å². The molecule has 0 spiro atoms. The largest absolute Gasteiger partial charge is 0.373 e. The summed E-state index contributed by atoms with van der Waals surface area (Å²) in [6.45, 7) is 2.98. The zero-order chi connectivity index (χ0) is 22.0. The number of benzene rings is 3. The fourth-order valence-corrected chi connectivity index (χ4v) is 4.23. The summed E-state index contributed by atoms with van der Waals surface area (Å²) in [6, 6.07) is 13.9. The quantitative estimate of drug-likeness (QED) is 0.297. The summed E-state index contributed by atoms with van der Waals surface area (Å²) in [5, 5.41) is 0. The van der Waals surface area contributed by atoms with E-state index in [1.807, 2.05) is 24.3 Å². The molecular formula is C26H24F4O. The molecule has 1 aliphatic rings. The van der Waals surface area contributed by atoms with Gasteiger partial charge in [-0.15, -0.1) is 0 Å². The van der Waals surface area contributed by atoms with Crippen molar-refractivity contribution in [1.82, 2.24) is 0 Å². The van der Waals surface area contributed by atoms with Crippen molar-refractivity contribution >= 4 is 0 Å². The number of rotatable bonds is 5. The first-order valence-electron chi connectivity index (χ1n) is 10.6. The number of halogens is 4. The van der Waals surface area contributed by atoms with E-state index in [1.165, 1.54) is 25.0 Å². The second kappa shape index (κ2) is 9.23. The summed E-state index contributed by atoms with van der Waals surface area (Å²) in [5.41, 5.74) is 2.53. The second-order valence-corrected chi connectivity index (χ2v) is 8.12. The van der Waals surface area contributed by atoms with Crippen molar-refractivity contribution in [3.63, 3.8) is 0 Å². The topological polar surface area (TPSA) is 9.23 Å². The van der Waals surface area contributed by atoms with Gasteiger partial charge in [0, 0.05) is 5.56 Å². The van der Waals surface area contributed by atoms with Gasteiger partial charge in [-0.25, -0.2) is 17.6 Å². The third kappa shape index (κ3) is 4.67. The Morgan fingerprint density at radius 1 is 0.774 bits per heavy atom. The first kappa shape index (κ1) is 21.6. The molecule has 0 aromatic heterocycles. The molecule has 0 bridgehead atoms. The molecule has 1 fully saturated rings. The molecule has 5 heteroatoms. The monoisotopic (exact) mass is 428 g/mol. The minimum Gasteiger partial charge on any atom is -0.373 e. The Bertz CT molecular complexity index is 1030. The van der Waals surface area contributed by atoms with Crippen molar-refractivity contribution < 1.29 is 22.3 Å². The third-order valence-corrected chi connectivity index (χ3v) is 5.95. The Morgan fingerprint density at radius 3 is 2.00 bits per heavy atom. The van der Waals surface area contributed by atoms with Crippen LogP contribution in [0.3, 0.4) is 0 Å². The molecule has 1 heterocycles. The molecule has 2 atom stereocenters. The smallest absolute Gasteiger partial charge is 0.194 e. The molecule has 0 radical (unpaired) electrons. The van der Waals surface area contributed by atoms with Crippen molar-refractivity contribution in [2.45, 2.75) is 38.7 Å². The first-order valence-corrected chi connectivity index (χ1v) is 10.6. The summed E-state index contributed by atoms with van der Waals surface area (Å²) < 4.78 is 60.9. The van der Waals surface area contributed by atoms with Gasteiger partial charge in [-0.3, -0.25) is 0 Å². The standard InChI is InChI=1S/C26H24F4O/c1-2-3-16-4-11-25(31-15-16)18-7-5-17(6-8-18)19-9-10-21(22(27)12-19)20-13-23(28)26(30)24(29)14-20/h5-10,12-14,16,25H,2-4,11,15H2,1H3. The zero-order valence-electron chi connectivity index (χ0n) is 17.3. The lowest BCUT2D eigenvalue weighted by Crippen LogP contribution is -2.20. The first-order chi connectivity index (χ1) is 15.0. The highest BCUT2D eigenvalue weighted by atomic mass is 19.2. The second-order valence-electron chi connectivity index (χ2n) is 8.12. The predicted octanol–water partition coefficient (Wildman–Crippen LogP) is 7.84. The van der Waals surface area contributed by atoms with E-state index in [9.17, 15) is 17.6 Å². The minimum atomic E-state index is -1.57. The molecule has 1 saturated heterocycles. The van der Waals surface area contributed by atoms with Crippen molar-refractivity contribution in [2.24, 2.45) is 5.92 Å². The molecule has 0 amide bonds. The van der Waals surface area contributed by atoms with Crippen LogP contribution in [0.15, 0.2) is 54.6 Å². The molecule has 4 rings (SSSR count). The van der Waals surface area contributed by atoms with Crippen LogP contribution in [0.1, 0.15) is 44.3 Å². The highest BCUT2D eigenvalue weighted by Gasteiger charge is 2.22. The van der Waals surface area contributed by atoms with Crippen LogP contribution in [0.4, 0.5) is 17.6 Å². The van der Waals surface area contributed by atoms with Crippen molar-refractivity contribution in [3.8, 4) is 22.3 Å². The lowest BCUT2D eigenvalue weighted by molar-refractivity contribution is -0.0194. The van der Waals surface area contributed by atoms with E-state index >= 15 is 0 Å². The molecule has 2 unspecified atom stereocenters.